The van der Waals surface area contributed by atoms with Gasteiger partial charge in [0.25, 0.3) is 10.1 Å². The predicted molar refractivity (Wildman–Crippen MR) is 143 cm³/mol. The van der Waals surface area contributed by atoms with Gasteiger partial charge in [-0.05, 0) is 12.8 Å². The van der Waals surface area contributed by atoms with E-state index in [1.807, 2.05) is 0 Å². The van der Waals surface area contributed by atoms with Crippen molar-refractivity contribution in [3.05, 3.63) is 0 Å². The van der Waals surface area contributed by atoms with Crippen molar-refractivity contribution in [1.82, 2.24) is 5.32 Å². The van der Waals surface area contributed by atoms with Gasteiger partial charge in [0.05, 0.1) is 17.9 Å². The van der Waals surface area contributed by atoms with Crippen LogP contribution in [-0.4, -0.2) is 41.9 Å². The number of aliphatic hydroxyl groups is 1. The van der Waals surface area contributed by atoms with Crippen molar-refractivity contribution in [3.8, 4) is 0 Å². The second kappa shape index (κ2) is 22.8. The maximum Gasteiger partial charge on any atom is 0.266 e. The lowest BCUT2D eigenvalue weighted by Gasteiger charge is -2.23. The Morgan fingerprint density at radius 1 is 0.676 bits per heavy atom. The molecule has 0 fully saturated rings. The maximum absolute atomic E-state index is 12.3. The van der Waals surface area contributed by atoms with Crippen LogP contribution in [0.2, 0.25) is 0 Å². The molecule has 2 atom stereocenters. The second-order valence-corrected chi connectivity index (χ2v) is 11.5. The highest BCUT2D eigenvalue weighted by Crippen LogP contribution is 2.14. The molecule has 0 aliphatic heterocycles. The smallest absolute Gasteiger partial charge is 0.266 e. The minimum atomic E-state index is -4.28. The van der Waals surface area contributed by atoms with Gasteiger partial charge in [0.1, 0.15) is 0 Å². The molecule has 7 heteroatoms. The summed E-state index contributed by atoms with van der Waals surface area (Å²) in [6, 6.07) is -0.958. The minimum Gasteiger partial charge on any atom is -0.391 e. The third kappa shape index (κ3) is 23.1. The number of carbonyl (C=O) groups is 1. The van der Waals surface area contributed by atoms with E-state index in [4.69, 9.17) is 0 Å². The van der Waals surface area contributed by atoms with Crippen LogP contribution in [0.4, 0.5) is 0 Å². The maximum atomic E-state index is 12.3. The van der Waals surface area contributed by atoms with Crippen molar-refractivity contribution in [2.45, 2.75) is 161 Å². The van der Waals surface area contributed by atoms with E-state index in [0.29, 0.717) is 12.8 Å². The van der Waals surface area contributed by atoms with Crippen LogP contribution in [0.15, 0.2) is 0 Å². The molecule has 6 nitrogen and oxygen atoms in total. The molecule has 0 saturated heterocycles. The zero-order valence-corrected chi connectivity index (χ0v) is 23.1. The van der Waals surface area contributed by atoms with Crippen molar-refractivity contribution >= 4 is 16.0 Å². The van der Waals surface area contributed by atoms with E-state index in [9.17, 15) is 22.9 Å². The molecule has 1 amide bonds. The second-order valence-electron chi connectivity index (χ2n) is 10.0. The van der Waals surface area contributed by atoms with Crippen molar-refractivity contribution in [1.29, 1.82) is 0 Å². The Hall–Kier alpha value is -0.660. The summed E-state index contributed by atoms with van der Waals surface area (Å²) < 4.78 is 31.9. The topological polar surface area (TPSA) is 104 Å². The van der Waals surface area contributed by atoms with Crippen molar-refractivity contribution in [2.24, 2.45) is 0 Å². The highest BCUT2D eigenvalue weighted by molar-refractivity contribution is 7.85. The van der Waals surface area contributed by atoms with Gasteiger partial charge in [0.2, 0.25) is 5.91 Å². The van der Waals surface area contributed by atoms with Gasteiger partial charge in [0.15, 0.2) is 0 Å². The van der Waals surface area contributed by atoms with Crippen LogP contribution >= 0.6 is 0 Å². The molecule has 2 unspecified atom stereocenters. The lowest BCUT2D eigenvalue weighted by atomic mass is 10.0. The van der Waals surface area contributed by atoms with Crippen LogP contribution in [0.3, 0.4) is 0 Å². The summed E-state index contributed by atoms with van der Waals surface area (Å²) in [5.74, 6) is -0.896. The number of hydrogen-bond acceptors (Lipinski definition) is 4. The summed E-state index contributed by atoms with van der Waals surface area (Å²) in [5.41, 5.74) is 0. The van der Waals surface area contributed by atoms with Gasteiger partial charge in [0, 0.05) is 6.42 Å². The molecule has 0 aromatic rings. The quantitative estimate of drug-likeness (QED) is 0.0919. The van der Waals surface area contributed by atoms with Crippen molar-refractivity contribution < 1.29 is 22.9 Å². The minimum absolute atomic E-state index is 0.251. The normalized spacial score (nSPS) is 13.6. The Bertz CT molecular complexity index is 567. The average molecular weight is 506 g/mol. The first-order chi connectivity index (χ1) is 16.3. The molecule has 3 N–H and O–H groups in total. The zero-order chi connectivity index (χ0) is 25.5. The molecule has 0 bridgehead atoms. The Kier molecular flexibility index (Phi) is 22.3. The summed E-state index contributed by atoms with van der Waals surface area (Å²) in [4.78, 5) is 12.3. The molecule has 0 radical (unpaired) electrons. The number of amides is 1. The van der Waals surface area contributed by atoms with Crippen LogP contribution in [0.25, 0.3) is 0 Å². The molecule has 0 spiro atoms. The summed E-state index contributed by atoms with van der Waals surface area (Å²) in [7, 11) is -4.28. The zero-order valence-electron chi connectivity index (χ0n) is 22.2. The van der Waals surface area contributed by atoms with Crippen molar-refractivity contribution in [2.75, 3.05) is 5.75 Å². The van der Waals surface area contributed by atoms with Crippen LogP contribution in [0.5, 0.6) is 0 Å². The Balaban J connectivity index is 3.95. The molecular weight excluding hydrogens is 450 g/mol. The molecule has 0 aromatic carbocycles. The molecule has 0 aliphatic rings. The number of nitrogens with one attached hydrogen (secondary N) is 1. The SMILES string of the molecule is CCCCCCCCCCCCCCCC(=O)NC(CS(=O)(=O)O)C(O)CCCCCCCC. The third-order valence-corrected chi connectivity index (χ3v) is 7.34. The van der Waals surface area contributed by atoms with Gasteiger partial charge >= 0.3 is 0 Å². The Morgan fingerprint density at radius 2 is 1.06 bits per heavy atom. The number of carbonyl (C=O) groups excluding carboxylic acids is 1. The number of hydrogen-bond donors (Lipinski definition) is 3. The van der Waals surface area contributed by atoms with E-state index in [-0.39, 0.29) is 5.91 Å². The molecular formula is C27H55NO5S. The van der Waals surface area contributed by atoms with Crippen LogP contribution in [0.1, 0.15) is 149 Å². The van der Waals surface area contributed by atoms with Gasteiger partial charge in [-0.2, -0.15) is 8.42 Å². The monoisotopic (exact) mass is 505 g/mol. The van der Waals surface area contributed by atoms with E-state index in [2.05, 4.69) is 19.2 Å². The number of unbranched alkanes of at least 4 members (excludes halogenated alkanes) is 17. The van der Waals surface area contributed by atoms with Gasteiger partial charge < -0.3 is 10.4 Å². The first kappa shape index (κ1) is 33.3. The summed E-state index contributed by atoms with van der Waals surface area (Å²) in [6.07, 6.45) is 22.2. The number of aliphatic hydroxyl groups excluding tert-OH is 1. The molecule has 34 heavy (non-hydrogen) atoms. The summed E-state index contributed by atoms with van der Waals surface area (Å²) in [5, 5.41) is 13.1. The first-order valence-corrected chi connectivity index (χ1v) is 15.8. The van der Waals surface area contributed by atoms with E-state index in [1.54, 1.807) is 0 Å². The van der Waals surface area contributed by atoms with Crippen LogP contribution in [0, 0.1) is 0 Å². The standard InChI is InChI=1S/C27H55NO5S/c1-3-5-7-9-11-12-13-14-15-16-17-19-21-23-27(30)28-25(24-34(31,32)33)26(29)22-20-18-10-8-6-4-2/h25-26,29H,3-24H2,1-2H3,(H,28,30)(H,31,32,33). The van der Waals surface area contributed by atoms with Gasteiger partial charge in [-0.15, -0.1) is 0 Å². The molecule has 0 heterocycles. The van der Waals surface area contributed by atoms with E-state index in [0.717, 1.165) is 44.9 Å². The molecule has 0 aliphatic carbocycles. The van der Waals surface area contributed by atoms with Gasteiger partial charge in [-0.25, -0.2) is 0 Å². The molecule has 0 saturated carbocycles. The van der Waals surface area contributed by atoms with Gasteiger partial charge in [-0.1, -0.05) is 129 Å². The third-order valence-electron chi connectivity index (χ3n) is 6.56. The van der Waals surface area contributed by atoms with Gasteiger partial charge in [-0.3, -0.25) is 9.35 Å². The fraction of sp³-hybridized carbons (Fsp3) is 0.963. The van der Waals surface area contributed by atoms with E-state index < -0.39 is 28.0 Å². The van der Waals surface area contributed by atoms with E-state index in [1.165, 1.54) is 77.0 Å². The fourth-order valence-corrected chi connectivity index (χ4v) is 5.15. The highest BCUT2D eigenvalue weighted by atomic mass is 32.2. The predicted octanol–water partition coefficient (Wildman–Crippen LogP) is 6.95. The van der Waals surface area contributed by atoms with E-state index >= 15 is 0 Å². The largest absolute Gasteiger partial charge is 0.391 e. The van der Waals surface area contributed by atoms with Crippen molar-refractivity contribution in [3.63, 3.8) is 0 Å². The molecule has 0 aromatic heterocycles. The molecule has 0 rings (SSSR count). The fourth-order valence-electron chi connectivity index (χ4n) is 4.39. The Labute approximate surface area is 210 Å². The summed E-state index contributed by atoms with van der Waals surface area (Å²) >= 11 is 0. The summed E-state index contributed by atoms with van der Waals surface area (Å²) in [6.45, 7) is 4.40. The Morgan fingerprint density at radius 3 is 1.47 bits per heavy atom. The average Bonchev–Trinajstić information content (AvgIpc) is 2.77. The lowest BCUT2D eigenvalue weighted by molar-refractivity contribution is -0.122. The van der Waals surface area contributed by atoms with Crippen LogP contribution in [-0.2, 0) is 14.9 Å². The molecule has 204 valence electrons. The lowest BCUT2D eigenvalue weighted by Crippen LogP contribution is -2.47. The number of rotatable bonds is 25. The highest BCUT2D eigenvalue weighted by Gasteiger charge is 2.25. The first-order valence-electron chi connectivity index (χ1n) is 14.2. The van der Waals surface area contributed by atoms with Crippen LogP contribution < -0.4 is 5.32 Å².